The summed E-state index contributed by atoms with van der Waals surface area (Å²) in [5, 5.41) is 2.99. The predicted molar refractivity (Wildman–Crippen MR) is 82.3 cm³/mol. The molecule has 0 bridgehead atoms. The molecular formula is C14H24N2O4S. The fourth-order valence-corrected chi connectivity index (χ4v) is 3.13. The maximum atomic E-state index is 12.3. The van der Waals surface area contributed by atoms with Crippen molar-refractivity contribution in [2.24, 2.45) is 5.92 Å². The van der Waals surface area contributed by atoms with Gasteiger partial charge in [0.15, 0.2) is 11.5 Å². The molecule has 0 heterocycles. The minimum absolute atomic E-state index is 0.172. The molecule has 1 aromatic rings. The third kappa shape index (κ3) is 4.59. The number of ether oxygens (including phenoxy) is 2. The minimum atomic E-state index is -3.57. The van der Waals surface area contributed by atoms with Crippen LogP contribution in [-0.4, -0.2) is 36.2 Å². The van der Waals surface area contributed by atoms with E-state index in [4.69, 9.17) is 9.47 Å². The molecule has 120 valence electrons. The average Bonchev–Trinajstić information content (AvgIpc) is 2.44. The van der Waals surface area contributed by atoms with Crippen LogP contribution in [0, 0.1) is 5.92 Å². The lowest BCUT2D eigenvalue weighted by molar-refractivity contribution is 0.350. The van der Waals surface area contributed by atoms with Crippen molar-refractivity contribution in [2.75, 3.05) is 27.8 Å². The van der Waals surface area contributed by atoms with Crippen LogP contribution in [0.25, 0.3) is 0 Å². The van der Waals surface area contributed by atoms with E-state index in [1.54, 1.807) is 13.1 Å². The summed E-state index contributed by atoms with van der Waals surface area (Å²) >= 11 is 0. The smallest absolute Gasteiger partial charge is 0.240 e. The summed E-state index contributed by atoms with van der Waals surface area (Å²) < 4.78 is 37.8. The highest BCUT2D eigenvalue weighted by Gasteiger charge is 2.20. The van der Waals surface area contributed by atoms with Crippen LogP contribution < -0.4 is 19.5 Å². The van der Waals surface area contributed by atoms with Gasteiger partial charge in [0.2, 0.25) is 10.0 Å². The van der Waals surface area contributed by atoms with Gasteiger partial charge in [-0.15, -0.1) is 0 Å². The number of rotatable bonds is 8. The molecule has 0 saturated carbocycles. The van der Waals surface area contributed by atoms with Gasteiger partial charge in [-0.2, -0.15) is 0 Å². The van der Waals surface area contributed by atoms with Crippen molar-refractivity contribution >= 4 is 10.0 Å². The molecule has 0 aliphatic rings. The maximum absolute atomic E-state index is 12.3. The van der Waals surface area contributed by atoms with E-state index in [1.807, 2.05) is 13.8 Å². The molecule has 0 unspecified atom stereocenters. The highest BCUT2D eigenvalue weighted by Crippen LogP contribution is 2.34. The van der Waals surface area contributed by atoms with Crippen LogP contribution in [0.5, 0.6) is 11.5 Å². The van der Waals surface area contributed by atoms with E-state index in [0.29, 0.717) is 24.6 Å². The highest BCUT2D eigenvalue weighted by molar-refractivity contribution is 7.89. The van der Waals surface area contributed by atoms with Gasteiger partial charge < -0.3 is 14.8 Å². The van der Waals surface area contributed by atoms with Crippen molar-refractivity contribution in [3.05, 3.63) is 17.7 Å². The molecule has 1 rings (SSSR count). The zero-order chi connectivity index (χ0) is 16.0. The molecule has 0 fully saturated rings. The summed E-state index contributed by atoms with van der Waals surface area (Å²) in [5.74, 6) is 1.17. The van der Waals surface area contributed by atoms with E-state index >= 15 is 0 Å². The molecule has 0 amide bonds. The van der Waals surface area contributed by atoms with E-state index in [-0.39, 0.29) is 10.8 Å². The van der Waals surface area contributed by atoms with E-state index in [9.17, 15) is 8.42 Å². The Hall–Kier alpha value is -1.31. The molecule has 0 aromatic heterocycles. The lowest BCUT2D eigenvalue weighted by Crippen LogP contribution is -2.27. The molecule has 0 saturated heterocycles. The van der Waals surface area contributed by atoms with Crippen LogP contribution in [0.1, 0.15) is 19.4 Å². The number of sulfonamides is 1. The van der Waals surface area contributed by atoms with Crippen molar-refractivity contribution in [2.45, 2.75) is 25.3 Å². The zero-order valence-electron chi connectivity index (χ0n) is 13.2. The molecular weight excluding hydrogens is 292 g/mol. The molecule has 0 spiro atoms. The van der Waals surface area contributed by atoms with Gasteiger partial charge >= 0.3 is 0 Å². The Balaban J connectivity index is 3.27. The maximum Gasteiger partial charge on any atom is 0.240 e. The van der Waals surface area contributed by atoms with Crippen molar-refractivity contribution in [3.63, 3.8) is 0 Å². The number of methoxy groups -OCH3 is 2. The standard InChI is InChI=1S/C14H24N2O4S/c1-10(2)8-16-21(17,18)12-6-11(9-15-3)14(20-5)13(7-12)19-4/h6-7,10,15-16H,8-9H2,1-5H3. The summed E-state index contributed by atoms with van der Waals surface area (Å²) in [7, 11) is 1.23. The van der Waals surface area contributed by atoms with Crippen molar-refractivity contribution in [3.8, 4) is 11.5 Å². The third-order valence-corrected chi connectivity index (χ3v) is 4.29. The molecule has 7 heteroatoms. The molecule has 0 aliphatic heterocycles. The molecule has 1 aromatic carbocycles. The van der Waals surface area contributed by atoms with E-state index in [1.165, 1.54) is 20.3 Å². The van der Waals surface area contributed by atoms with Gasteiger partial charge in [-0.25, -0.2) is 13.1 Å². The van der Waals surface area contributed by atoms with Crippen LogP contribution in [0.3, 0.4) is 0 Å². The van der Waals surface area contributed by atoms with Crippen molar-refractivity contribution < 1.29 is 17.9 Å². The Morgan fingerprint density at radius 1 is 1.19 bits per heavy atom. The first kappa shape index (κ1) is 17.7. The van der Waals surface area contributed by atoms with Gasteiger partial charge in [-0.05, 0) is 19.0 Å². The summed E-state index contributed by atoms with van der Waals surface area (Å²) in [6.07, 6.45) is 0. The number of hydrogen-bond donors (Lipinski definition) is 2. The normalized spacial score (nSPS) is 11.7. The molecule has 0 aliphatic carbocycles. The quantitative estimate of drug-likeness (QED) is 0.757. The second-order valence-corrected chi connectivity index (χ2v) is 6.86. The Morgan fingerprint density at radius 3 is 2.33 bits per heavy atom. The predicted octanol–water partition coefficient (Wildman–Crippen LogP) is 1.36. The summed E-state index contributed by atoms with van der Waals surface area (Å²) in [4.78, 5) is 0.172. The fourth-order valence-electron chi connectivity index (χ4n) is 1.85. The van der Waals surface area contributed by atoms with Crippen molar-refractivity contribution in [1.82, 2.24) is 10.0 Å². The van der Waals surface area contributed by atoms with E-state index < -0.39 is 10.0 Å². The average molecular weight is 316 g/mol. The second kappa shape index (κ2) is 7.63. The van der Waals surface area contributed by atoms with Gasteiger partial charge in [0, 0.05) is 24.7 Å². The molecule has 0 radical (unpaired) electrons. The number of nitrogens with one attached hydrogen (secondary N) is 2. The molecule has 6 nitrogen and oxygen atoms in total. The highest BCUT2D eigenvalue weighted by atomic mass is 32.2. The zero-order valence-corrected chi connectivity index (χ0v) is 14.0. The van der Waals surface area contributed by atoms with Gasteiger partial charge in [-0.1, -0.05) is 13.8 Å². The van der Waals surface area contributed by atoms with Gasteiger partial charge in [0.25, 0.3) is 0 Å². The monoisotopic (exact) mass is 316 g/mol. The molecule has 2 N–H and O–H groups in total. The largest absolute Gasteiger partial charge is 0.493 e. The molecule has 0 atom stereocenters. The summed E-state index contributed by atoms with van der Waals surface area (Å²) in [6, 6.07) is 3.07. The Morgan fingerprint density at radius 2 is 1.86 bits per heavy atom. The first-order valence-electron chi connectivity index (χ1n) is 6.74. The van der Waals surface area contributed by atoms with E-state index in [0.717, 1.165) is 5.56 Å². The second-order valence-electron chi connectivity index (χ2n) is 5.09. The number of benzene rings is 1. The Bertz CT molecular complexity index is 571. The van der Waals surface area contributed by atoms with Crippen LogP contribution in [0.2, 0.25) is 0 Å². The topological polar surface area (TPSA) is 76.7 Å². The van der Waals surface area contributed by atoms with Gasteiger partial charge in [-0.3, -0.25) is 0 Å². The summed E-state index contributed by atoms with van der Waals surface area (Å²) in [6.45, 7) is 4.76. The summed E-state index contributed by atoms with van der Waals surface area (Å²) in [5.41, 5.74) is 0.726. The van der Waals surface area contributed by atoms with Crippen LogP contribution >= 0.6 is 0 Å². The number of hydrogen-bond acceptors (Lipinski definition) is 5. The van der Waals surface area contributed by atoms with Gasteiger partial charge in [0.1, 0.15) is 0 Å². The molecule has 21 heavy (non-hydrogen) atoms. The van der Waals surface area contributed by atoms with Crippen LogP contribution in [0.4, 0.5) is 0 Å². The Labute approximate surface area is 126 Å². The lowest BCUT2D eigenvalue weighted by Gasteiger charge is -2.16. The first-order chi connectivity index (χ1) is 9.85. The van der Waals surface area contributed by atoms with Crippen molar-refractivity contribution in [1.29, 1.82) is 0 Å². The van der Waals surface area contributed by atoms with Crippen LogP contribution in [0.15, 0.2) is 17.0 Å². The lowest BCUT2D eigenvalue weighted by atomic mass is 10.2. The fraction of sp³-hybridized carbons (Fsp3) is 0.571. The first-order valence-corrected chi connectivity index (χ1v) is 8.23. The minimum Gasteiger partial charge on any atom is -0.493 e. The van der Waals surface area contributed by atoms with E-state index in [2.05, 4.69) is 10.0 Å². The Kier molecular flexibility index (Phi) is 6.44. The SMILES string of the molecule is CNCc1cc(S(=O)(=O)NCC(C)C)cc(OC)c1OC. The van der Waals surface area contributed by atoms with Gasteiger partial charge in [0.05, 0.1) is 19.1 Å². The third-order valence-electron chi connectivity index (χ3n) is 2.89. The van der Waals surface area contributed by atoms with Crippen LogP contribution in [-0.2, 0) is 16.6 Å².